The highest BCUT2D eigenvalue weighted by molar-refractivity contribution is 5.44. The molecule has 1 unspecified atom stereocenters. The second-order valence-electron chi connectivity index (χ2n) is 4.21. The van der Waals surface area contributed by atoms with E-state index in [-0.39, 0.29) is 11.9 Å². The third-order valence-electron chi connectivity index (χ3n) is 2.97. The maximum absolute atomic E-state index is 12.9. The highest BCUT2D eigenvalue weighted by Gasteiger charge is 2.14. The van der Waals surface area contributed by atoms with Crippen molar-refractivity contribution in [3.63, 3.8) is 0 Å². The molecule has 1 aliphatic heterocycles. The molecule has 2 nitrogen and oxygen atoms in total. The molecular weight excluding hydrogens is 217 g/mol. The predicted octanol–water partition coefficient (Wildman–Crippen LogP) is 3.32. The lowest BCUT2D eigenvalue weighted by Crippen LogP contribution is -2.17. The van der Waals surface area contributed by atoms with Gasteiger partial charge in [0.1, 0.15) is 11.6 Å². The molecule has 1 aromatic rings. The van der Waals surface area contributed by atoms with Gasteiger partial charge in [-0.05, 0) is 48.7 Å². The van der Waals surface area contributed by atoms with Crippen LogP contribution in [0.5, 0.6) is 5.75 Å². The maximum Gasteiger partial charge on any atom is 0.138 e. The highest BCUT2D eigenvalue weighted by atomic mass is 19.1. The van der Waals surface area contributed by atoms with Gasteiger partial charge in [0.05, 0.1) is 13.2 Å². The second kappa shape index (κ2) is 4.62. The van der Waals surface area contributed by atoms with Gasteiger partial charge in [0.25, 0.3) is 0 Å². The number of aryl methyl sites for hydroxylation is 2. The fraction of sp³-hybridized carbons (Fsp3) is 0.286. The number of hydrogen-bond acceptors (Lipinski definition) is 2. The molecule has 0 aliphatic carbocycles. The number of dihydropyridines is 1. The normalized spacial score (nSPS) is 18.6. The van der Waals surface area contributed by atoms with Crippen molar-refractivity contribution in [2.45, 2.75) is 19.9 Å². The summed E-state index contributed by atoms with van der Waals surface area (Å²) < 4.78 is 18.1. The molecule has 1 atom stereocenters. The molecule has 0 bridgehead atoms. The molecular formula is C14H16FNO. The van der Waals surface area contributed by atoms with E-state index in [0.717, 1.165) is 22.4 Å². The van der Waals surface area contributed by atoms with E-state index in [1.54, 1.807) is 7.11 Å². The number of hydrogen-bond donors (Lipinski definition) is 1. The van der Waals surface area contributed by atoms with Crippen molar-refractivity contribution < 1.29 is 9.13 Å². The van der Waals surface area contributed by atoms with E-state index in [4.69, 9.17) is 4.74 Å². The van der Waals surface area contributed by atoms with Crippen LogP contribution in [0.25, 0.3) is 0 Å². The van der Waals surface area contributed by atoms with Crippen LogP contribution in [0.3, 0.4) is 0 Å². The van der Waals surface area contributed by atoms with Crippen molar-refractivity contribution in [2.24, 2.45) is 0 Å². The van der Waals surface area contributed by atoms with Crippen LogP contribution >= 0.6 is 0 Å². The molecule has 1 aliphatic rings. The third-order valence-corrected chi connectivity index (χ3v) is 2.97. The van der Waals surface area contributed by atoms with E-state index in [0.29, 0.717) is 0 Å². The fourth-order valence-corrected chi connectivity index (χ4v) is 2.02. The molecule has 3 heteroatoms. The van der Waals surface area contributed by atoms with Gasteiger partial charge < -0.3 is 10.1 Å². The quantitative estimate of drug-likeness (QED) is 0.846. The first-order valence-electron chi connectivity index (χ1n) is 5.57. The summed E-state index contributed by atoms with van der Waals surface area (Å²) in [5, 5.41) is 3.03. The Morgan fingerprint density at radius 1 is 1.24 bits per heavy atom. The van der Waals surface area contributed by atoms with E-state index < -0.39 is 0 Å². The Hall–Kier alpha value is -1.77. The van der Waals surface area contributed by atoms with Crippen LogP contribution in [0.4, 0.5) is 4.39 Å². The fourth-order valence-electron chi connectivity index (χ4n) is 2.02. The Morgan fingerprint density at radius 3 is 2.59 bits per heavy atom. The lowest BCUT2D eigenvalue weighted by atomic mass is 9.97. The number of halogens is 1. The molecule has 0 spiro atoms. The topological polar surface area (TPSA) is 21.3 Å². The summed E-state index contributed by atoms with van der Waals surface area (Å²) in [7, 11) is 1.67. The number of allylic oxidation sites excluding steroid dienone is 2. The minimum Gasteiger partial charge on any atom is -0.496 e. The van der Waals surface area contributed by atoms with Gasteiger partial charge in [0.15, 0.2) is 0 Å². The van der Waals surface area contributed by atoms with E-state index in [2.05, 4.69) is 11.4 Å². The first-order chi connectivity index (χ1) is 8.11. The van der Waals surface area contributed by atoms with Gasteiger partial charge in [-0.2, -0.15) is 0 Å². The molecule has 17 heavy (non-hydrogen) atoms. The largest absolute Gasteiger partial charge is 0.496 e. The number of ether oxygens (including phenoxy) is 1. The Morgan fingerprint density at radius 2 is 2.00 bits per heavy atom. The number of benzene rings is 1. The van der Waals surface area contributed by atoms with Crippen LogP contribution in [-0.2, 0) is 0 Å². The summed E-state index contributed by atoms with van der Waals surface area (Å²) in [6.45, 7) is 4.03. The molecule has 0 radical (unpaired) electrons. The summed E-state index contributed by atoms with van der Waals surface area (Å²) >= 11 is 0. The molecule has 0 saturated heterocycles. The van der Waals surface area contributed by atoms with Gasteiger partial charge >= 0.3 is 0 Å². The van der Waals surface area contributed by atoms with Gasteiger partial charge in [-0.3, -0.25) is 0 Å². The molecule has 0 aromatic heterocycles. The average molecular weight is 233 g/mol. The van der Waals surface area contributed by atoms with E-state index >= 15 is 0 Å². The first-order valence-corrected chi connectivity index (χ1v) is 5.57. The van der Waals surface area contributed by atoms with Gasteiger partial charge in [0.2, 0.25) is 0 Å². The zero-order valence-corrected chi connectivity index (χ0v) is 10.3. The van der Waals surface area contributed by atoms with Crippen LogP contribution in [-0.4, -0.2) is 7.11 Å². The first kappa shape index (κ1) is 11.7. The third kappa shape index (κ3) is 2.33. The SMILES string of the molecule is COc1cc(C)c(C2C=CC(F)=CN2)cc1C. The molecule has 0 amide bonds. The van der Waals surface area contributed by atoms with Crippen molar-refractivity contribution >= 4 is 0 Å². The number of nitrogens with one attached hydrogen (secondary N) is 1. The Balaban J connectivity index is 2.34. The molecule has 0 fully saturated rings. The standard InChI is InChI=1S/C14H16FNO/c1-9-7-14(17-3)10(2)6-12(9)13-5-4-11(15)8-16-13/h4-8,13,16H,1-3H3. The molecule has 1 heterocycles. The lowest BCUT2D eigenvalue weighted by molar-refractivity contribution is 0.411. The van der Waals surface area contributed by atoms with Crippen LogP contribution in [0.15, 0.2) is 36.3 Å². The maximum atomic E-state index is 12.9. The van der Waals surface area contributed by atoms with Crippen molar-refractivity contribution in [1.29, 1.82) is 0 Å². The van der Waals surface area contributed by atoms with Crippen LogP contribution < -0.4 is 10.1 Å². The molecule has 90 valence electrons. The van der Waals surface area contributed by atoms with Crippen molar-refractivity contribution in [2.75, 3.05) is 7.11 Å². The van der Waals surface area contributed by atoms with Gasteiger partial charge in [0, 0.05) is 6.20 Å². The van der Waals surface area contributed by atoms with Crippen molar-refractivity contribution in [1.82, 2.24) is 5.32 Å². The zero-order valence-electron chi connectivity index (χ0n) is 10.3. The monoisotopic (exact) mass is 233 g/mol. The van der Waals surface area contributed by atoms with Gasteiger partial charge in [-0.15, -0.1) is 0 Å². The van der Waals surface area contributed by atoms with Gasteiger partial charge in [-0.25, -0.2) is 4.39 Å². The smallest absolute Gasteiger partial charge is 0.138 e. The minimum absolute atomic E-state index is 0.0270. The van der Waals surface area contributed by atoms with E-state index in [1.807, 2.05) is 26.0 Å². The summed E-state index contributed by atoms with van der Waals surface area (Å²) in [6, 6.07) is 4.11. The second-order valence-corrected chi connectivity index (χ2v) is 4.21. The lowest BCUT2D eigenvalue weighted by Gasteiger charge is -2.20. The van der Waals surface area contributed by atoms with Crippen LogP contribution in [0, 0.1) is 13.8 Å². The van der Waals surface area contributed by atoms with E-state index in [1.165, 1.54) is 12.3 Å². The van der Waals surface area contributed by atoms with Crippen molar-refractivity contribution in [3.05, 3.63) is 53.0 Å². The summed E-state index contributed by atoms with van der Waals surface area (Å²) in [6.07, 6.45) is 4.70. The van der Waals surface area contributed by atoms with Crippen LogP contribution in [0.2, 0.25) is 0 Å². The molecule has 0 saturated carbocycles. The zero-order chi connectivity index (χ0) is 12.4. The Kier molecular flexibility index (Phi) is 3.18. The Labute approximate surface area is 101 Å². The van der Waals surface area contributed by atoms with Crippen LogP contribution in [0.1, 0.15) is 22.7 Å². The number of methoxy groups -OCH3 is 1. The predicted molar refractivity (Wildman–Crippen MR) is 66.7 cm³/mol. The Bertz CT molecular complexity index is 491. The van der Waals surface area contributed by atoms with Crippen molar-refractivity contribution in [3.8, 4) is 5.75 Å². The molecule has 1 aromatic carbocycles. The highest BCUT2D eigenvalue weighted by Crippen LogP contribution is 2.28. The summed E-state index contributed by atoms with van der Waals surface area (Å²) in [4.78, 5) is 0. The number of rotatable bonds is 2. The summed E-state index contributed by atoms with van der Waals surface area (Å²) in [5.41, 5.74) is 3.35. The minimum atomic E-state index is -0.246. The molecule has 2 rings (SSSR count). The summed E-state index contributed by atoms with van der Waals surface area (Å²) in [5.74, 6) is 0.636. The molecule has 1 N–H and O–H groups in total. The van der Waals surface area contributed by atoms with E-state index in [9.17, 15) is 4.39 Å². The van der Waals surface area contributed by atoms with Gasteiger partial charge in [-0.1, -0.05) is 6.08 Å². The average Bonchev–Trinajstić information content (AvgIpc) is 2.33.